The lowest BCUT2D eigenvalue weighted by Gasteiger charge is -2.05. The predicted molar refractivity (Wildman–Crippen MR) is 67.4 cm³/mol. The maximum Gasteiger partial charge on any atom is 0.228 e. The second-order valence-corrected chi connectivity index (χ2v) is 10.0. The molecule has 1 rings (SSSR count). The highest BCUT2D eigenvalue weighted by atomic mass is 35.5. The van der Waals surface area contributed by atoms with Crippen molar-refractivity contribution >= 4 is 66.1 Å². The monoisotopic (exact) mass is 372 g/mol. The Bertz CT molecular complexity index is 569. The lowest BCUT2D eigenvalue weighted by Crippen LogP contribution is -2.15. The molecule has 18 heavy (non-hydrogen) atoms. The Labute approximate surface area is 123 Å². The maximum absolute atomic E-state index is 11.5. The summed E-state index contributed by atoms with van der Waals surface area (Å²) in [6.45, 7) is 0. The average molecular weight is 374 g/mol. The fraction of sp³-hybridized carbons (Fsp3) is 0.333. The summed E-state index contributed by atoms with van der Waals surface area (Å²) in [4.78, 5) is 0. The molecule has 0 spiro atoms. The second kappa shape index (κ2) is 5.64. The summed E-state index contributed by atoms with van der Waals surface area (Å²) in [6, 6.07) is 1.78. The summed E-state index contributed by atoms with van der Waals surface area (Å²) in [5, 5.41) is 5.32. The van der Waals surface area contributed by atoms with Gasteiger partial charge in [-0.25, -0.2) is 16.8 Å². The Hall–Kier alpha value is 0.140. The van der Waals surface area contributed by atoms with Gasteiger partial charge in [-0.15, -0.1) is 10.2 Å². The van der Waals surface area contributed by atoms with E-state index in [0.29, 0.717) is 0 Å². The van der Waals surface area contributed by atoms with Crippen LogP contribution in [0.2, 0.25) is 0 Å². The summed E-state index contributed by atoms with van der Waals surface area (Å²) in [5.41, 5.74) is 0. The summed E-state index contributed by atoms with van der Waals surface area (Å²) in [6.07, 6.45) is 0. The van der Waals surface area contributed by atoms with Crippen LogP contribution in [0.3, 0.4) is 0 Å². The van der Waals surface area contributed by atoms with Crippen LogP contribution in [0.1, 0.15) is 0 Å². The molecule has 0 aliphatic heterocycles. The van der Waals surface area contributed by atoms with Gasteiger partial charge < -0.3 is 0 Å². The Balaban J connectivity index is 3.25. The smallest absolute Gasteiger partial charge is 0.219 e. The van der Waals surface area contributed by atoms with Crippen LogP contribution in [-0.4, -0.2) is 35.4 Å². The summed E-state index contributed by atoms with van der Waals surface area (Å²) in [7, 11) is -8.13. The summed E-state index contributed by atoms with van der Waals surface area (Å²) >= 11 is 20.9. The average Bonchev–Trinajstić information content (AvgIpc) is 2.28. The zero-order valence-corrected chi connectivity index (χ0v) is 12.8. The van der Waals surface area contributed by atoms with Gasteiger partial charge >= 0.3 is 0 Å². The molecule has 0 N–H and O–H groups in total. The van der Waals surface area contributed by atoms with Crippen LogP contribution in [0.5, 0.6) is 0 Å². The van der Waals surface area contributed by atoms with Crippen molar-refractivity contribution in [3.63, 3.8) is 0 Å². The number of sulfone groups is 2. The molecule has 0 unspecified atom stereocenters. The molecule has 0 aromatic carbocycles. The van der Waals surface area contributed by atoms with Crippen LogP contribution in [0, 0.1) is 0 Å². The minimum Gasteiger partial charge on any atom is -0.219 e. The quantitative estimate of drug-likeness (QED) is 0.743. The third-order valence-corrected chi connectivity index (χ3v) is 7.02. The van der Waals surface area contributed by atoms with Crippen molar-refractivity contribution in [3.05, 3.63) is 12.1 Å². The number of nitrogens with zero attached hydrogens (tertiary/aromatic N) is 2. The van der Waals surface area contributed by atoms with Gasteiger partial charge in [0.05, 0.1) is 0 Å². The first-order valence-electron chi connectivity index (χ1n) is 3.98. The van der Waals surface area contributed by atoms with Gasteiger partial charge in [0.1, 0.15) is 0 Å². The molecule has 6 nitrogen and oxygen atoms in total. The first-order chi connectivity index (χ1) is 8.10. The molecule has 0 saturated carbocycles. The Kier molecular flexibility index (Phi) is 5.07. The SMILES string of the molecule is O=S(=O)(c1ccc(S(=O)(=O)C(Cl)Cl)nn1)C(Cl)Cl. The zero-order valence-electron chi connectivity index (χ0n) is 8.17. The molecule has 1 heterocycles. The highest BCUT2D eigenvalue weighted by Gasteiger charge is 2.28. The van der Waals surface area contributed by atoms with Gasteiger partial charge in [-0.3, -0.25) is 0 Å². The first-order valence-corrected chi connectivity index (χ1v) is 8.82. The molecule has 1 aromatic rings. The predicted octanol–water partition coefficient (Wildman–Crippen LogP) is 1.55. The fourth-order valence-corrected chi connectivity index (χ4v) is 3.08. The maximum atomic E-state index is 11.5. The van der Waals surface area contributed by atoms with Gasteiger partial charge in [0.25, 0.3) is 0 Å². The zero-order chi connectivity index (χ0) is 14.1. The van der Waals surface area contributed by atoms with E-state index in [1.54, 1.807) is 0 Å². The number of halogens is 4. The van der Waals surface area contributed by atoms with E-state index in [1.165, 1.54) is 0 Å². The molecular formula is C6H4Cl4N2O4S2. The molecule has 0 saturated heterocycles. The van der Waals surface area contributed by atoms with E-state index in [2.05, 4.69) is 10.2 Å². The van der Waals surface area contributed by atoms with Gasteiger partial charge in [-0.2, -0.15) is 0 Å². The summed E-state index contributed by atoms with van der Waals surface area (Å²) < 4.78 is 42.4. The standard InChI is InChI=1S/C6H4Cl4N2O4S2/c7-5(8)17(13,14)3-1-2-4(12-11-3)18(15,16)6(9)10/h1-2,5-6H. The van der Waals surface area contributed by atoms with E-state index in [4.69, 9.17) is 46.4 Å². The Morgan fingerprint density at radius 1 is 0.778 bits per heavy atom. The topological polar surface area (TPSA) is 94.1 Å². The van der Waals surface area contributed by atoms with E-state index in [1.807, 2.05) is 0 Å². The molecule has 0 atom stereocenters. The molecule has 0 bridgehead atoms. The minimum absolute atomic E-state index is 0.558. The molecule has 0 radical (unpaired) electrons. The highest BCUT2D eigenvalue weighted by Crippen LogP contribution is 2.22. The van der Waals surface area contributed by atoms with Crippen LogP contribution in [0.4, 0.5) is 0 Å². The normalized spacial score (nSPS) is 13.2. The van der Waals surface area contributed by atoms with Crippen LogP contribution >= 0.6 is 46.4 Å². The lowest BCUT2D eigenvalue weighted by molar-refractivity contribution is 0.582. The van der Waals surface area contributed by atoms with E-state index < -0.39 is 38.1 Å². The van der Waals surface area contributed by atoms with Gasteiger partial charge in [0.2, 0.25) is 28.0 Å². The molecule has 0 fully saturated rings. The third kappa shape index (κ3) is 3.17. The third-order valence-electron chi connectivity index (χ3n) is 1.67. The van der Waals surface area contributed by atoms with E-state index in [0.717, 1.165) is 12.1 Å². The van der Waals surface area contributed by atoms with Gasteiger partial charge in [-0.1, -0.05) is 46.4 Å². The van der Waals surface area contributed by atoms with Crippen molar-refractivity contribution in [1.82, 2.24) is 10.2 Å². The number of alkyl halides is 4. The summed E-state index contributed by atoms with van der Waals surface area (Å²) in [5.74, 6) is 0. The molecule has 1 aromatic heterocycles. The number of aromatic nitrogens is 2. The largest absolute Gasteiger partial charge is 0.228 e. The number of hydrogen-bond donors (Lipinski definition) is 0. The van der Waals surface area contributed by atoms with Crippen LogP contribution in [0.25, 0.3) is 0 Å². The van der Waals surface area contributed by atoms with Crippen molar-refractivity contribution in [3.8, 4) is 0 Å². The second-order valence-electron chi connectivity index (χ2n) is 2.82. The molecule has 102 valence electrons. The Morgan fingerprint density at radius 2 is 1.06 bits per heavy atom. The van der Waals surface area contributed by atoms with E-state index in [9.17, 15) is 16.8 Å². The minimum atomic E-state index is -4.06. The molecule has 0 aliphatic rings. The Morgan fingerprint density at radius 3 is 1.22 bits per heavy atom. The van der Waals surface area contributed by atoms with Crippen molar-refractivity contribution in [2.45, 2.75) is 18.4 Å². The van der Waals surface area contributed by atoms with E-state index >= 15 is 0 Å². The van der Waals surface area contributed by atoms with Crippen molar-refractivity contribution < 1.29 is 16.8 Å². The molecule has 0 amide bonds. The number of rotatable bonds is 4. The van der Waals surface area contributed by atoms with Crippen molar-refractivity contribution in [2.75, 3.05) is 0 Å². The van der Waals surface area contributed by atoms with Gasteiger partial charge in [0, 0.05) is 0 Å². The fourth-order valence-electron chi connectivity index (χ4n) is 0.794. The van der Waals surface area contributed by atoms with Crippen molar-refractivity contribution in [1.29, 1.82) is 0 Å². The highest BCUT2D eigenvalue weighted by molar-refractivity contribution is 7.95. The van der Waals surface area contributed by atoms with Crippen LogP contribution in [0.15, 0.2) is 22.2 Å². The van der Waals surface area contributed by atoms with Gasteiger partial charge in [-0.05, 0) is 12.1 Å². The number of hydrogen-bond acceptors (Lipinski definition) is 6. The first kappa shape index (κ1) is 16.2. The molecule has 0 aliphatic carbocycles. The van der Waals surface area contributed by atoms with Crippen LogP contribution in [-0.2, 0) is 19.7 Å². The molecular weight excluding hydrogens is 370 g/mol. The van der Waals surface area contributed by atoms with Crippen molar-refractivity contribution in [2.24, 2.45) is 0 Å². The van der Waals surface area contributed by atoms with Crippen LogP contribution < -0.4 is 0 Å². The van der Waals surface area contributed by atoms with E-state index in [-0.39, 0.29) is 0 Å². The van der Waals surface area contributed by atoms with Gasteiger partial charge in [0.15, 0.2) is 10.1 Å². The lowest BCUT2D eigenvalue weighted by atomic mass is 10.6. The molecule has 12 heteroatoms.